The smallest absolute Gasteiger partial charge is 0.127 e. The van der Waals surface area contributed by atoms with Crippen LogP contribution in [0.4, 0.5) is 0 Å². The number of rotatable bonds is 6. The van der Waals surface area contributed by atoms with Gasteiger partial charge in [-0.1, -0.05) is 20.3 Å². The van der Waals surface area contributed by atoms with Gasteiger partial charge in [0.15, 0.2) is 0 Å². The summed E-state index contributed by atoms with van der Waals surface area (Å²) >= 11 is 6.34. The van der Waals surface area contributed by atoms with E-state index in [2.05, 4.69) is 24.5 Å². The Balaban J connectivity index is 2.65. The van der Waals surface area contributed by atoms with Gasteiger partial charge >= 0.3 is 0 Å². The molecule has 0 spiro atoms. The Labute approximate surface area is 125 Å². The highest BCUT2D eigenvalue weighted by Gasteiger charge is 2.20. The lowest BCUT2D eigenvalue weighted by atomic mass is 10.1. The second kappa shape index (κ2) is 6.49. The van der Waals surface area contributed by atoms with Crippen molar-refractivity contribution < 1.29 is 4.74 Å². The molecular weight excluding hydrogens is 272 g/mol. The normalized spacial score (nSPS) is 14.4. The van der Waals surface area contributed by atoms with Crippen LogP contribution in [-0.4, -0.2) is 16.7 Å². The Bertz CT molecular complexity index is 577. The van der Waals surface area contributed by atoms with Gasteiger partial charge in [-0.05, 0) is 31.9 Å². The number of ether oxygens (including phenoxy) is 1. The number of nitrogens with zero attached hydrogens (tertiary/aromatic N) is 2. The maximum atomic E-state index is 6.34. The summed E-state index contributed by atoms with van der Waals surface area (Å²) < 4.78 is 7.65. The van der Waals surface area contributed by atoms with Gasteiger partial charge in [0.2, 0.25) is 0 Å². The molecule has 0 radical (unpaired) electrons. The van der Waals surface area contributed by atoms with Gasteiger partial charge < -0.3 is 9.30 Å². The maximum absolute atomic E-state index is 6.34. The van der Waals surface area contributed by atoms with Crippen molar-refractivity contribution in [2.75, 3.05) is 7.11 Å². The summed E-state index contributed by atoms with van der Waals surface area (Å²) in [6.45, 7) is 6.41. The van der Waals surface area contributed by atoms with Gasteiger partial charge in [-0.25, -0.2) is 4.98 Å². The fourth-order valence-electron chi connectivity index (χ4n) is 2.73. The quantitative estimate of drug-likeness (QED) is 0.693. The molecule has 0 aliphatic heterocycles. The molecule has 2 rings (SSSR count). The number of aromatic nitrogens is 2. The number of alkyl halides is 1. The van der Waals surface area contributed by atoms with Crippen molar-refractivity contribution in [3.63, 3.8) is 0 Å². The third-order valence-electron chi connectivity index (χ3n) is 3.74. The molecule has 0 saturated heterocycles. The van der Waals surface area contributed by atoms with E-state index in [1.807, 2.05) is 19.1 Å². The Hall–Kier alpha value is -1.22. The van der Waals surface area contributed by atoms with Crippen LogP contribution in [-0.2, 0) is 0 Å². The van der Waals surface area contributed by atoms with Gasteiger partial charge in [0.25, 0.3) is 0 Å². The van der Waals surface area contributed by atoms with Gasteiger partial charge in [0.1, 0.15) is 11.6 Å². The highest BCUT2D eigenvalue weighted by Crippen LogP contribution is 2.33. The first-order valence-corrected chi connectivity index (χ1v) is 7.75. The topological polar surface area (TPSA) is 27.1 Å². The maximum Gasteiger partial charge on any atom is 0.127 e. The molecule has 2 unspecified atom stereocenters. The molecule has 0 N–H and O–H groups in total. The molecule has 3 nitrogen and oxygen atoms in total. The summed E-state index contributed by atoms with van der Waals surface area (Å²) in [6.07, 6.45) is 3.36. The van der Waals surface area contributed by atoms with Crippen molar-refractivity contribution in [2.45, 2.75) is 51.5 Å². The van der Waals surface area contributed by atoms with E-state index < -0.39 is 0 Å². The molecule has 110 valence electrons. The number of benzene rings is 1. The van der Waals surface area contributed by atoms with E-state index in [0.29, 0.717) is 6.04 Å². The summed E-state index contributed by atoms with van der Waals surface area (Å²) in [6, 6.07) is 6.45. The molecule has 1 heterocycles. The summed E-state index contributed by atoms with van der Waals surface area (Å²) in [5.74, 6) is 1.81. The lowest BCUT2D eigenvalue weighted by Crippen LogP contribution is -2.12. The first-order chi connectivity index (χ1) is 9.62. The lowest BCUT2D eigenvalue weighted by molar-refractivity contribution is 0.414. The van der Waals surface area contributed by atoms with Crippen molar-refractivity contribution in [1.82, 2.24) is 9.55 Å². The molecule has 1 aromatic heterocycles. The first kappa shape index (κ1) is 15.2. The van der Waals surface area contributed by atoms with Crippen molar-refractivity contribution in [3.8, 4) is 5.75 Å². The van der Waals surface area contributed by atoms with E-state index in [9.17, 15) is 0 Å². The number of hydrogen-bond donors (Lipinski definition) is 0. The van der Waals surface area contributed by atoms with E-state index in [4.69, 9.17) is 21.3 Å². The number of methoxy groups -OCH3 is 1. The molecule has 0 bridgehead atoms. The predicted molar refractivity (Wildman–Crippen MR) is 84.8 cm³/mol. The molecule has 20 heavy (non-hydrogen) atoms. The zero-order valence-corrected chi connectivity index (χ0v) is 13.4. The summed E-state index contributed by atoms with van der Waals surface area (Å²) in [5, 5.41) is -0.0979. The molecule has 2 aromatic rings. The third kappa shape index (κ3) is 2.78. The van der Waals surface area contributed by atoms with Crippen molar-refractivity contribution >= 4 is 22.6 Å². The highest BCUT2D eigenvalue weighted by molar-refractivity contribution is 6.20. The third-order valence-corrected chi connectivity index (χ3v) is 3.93. The number of fused-ring (bicyclic) bond motifs is 1. The minimum absolute atomic E-state index is 0.0979. The number of imidazole rings is 1. The van der Waals surface area contributed by atoms with Crippen LogP contribution in [0.1, 0.15) is 57.3 Å². The van der Waals surface area contributed by atoms with Crippen LogP contribution in [0.25, 0.3) is 11.0 Å². The molecule has 0 aliphatic carbocycles. The molecule has 4 heteroatoms. The van der Waals surface area contributed by atoms with Crippen LogP contribution in [0, 0.1) is 0 Å². The molecule has 0 saturated carbocycles. The van der Waals surface area contributed by atoms with Crippen molar-refractivity contribution in [2.24, 2.45) is 0 Å². The van der Waals surface area contributed by atoms with E-state index in [1.54, 1.807) is 7.11 Å². The van der Waals surface area contributed by atoms with Gasteiger partial charge in [0.05, 0.1) is 23.5 Å². The highest BCUT2D eigenvalue weighted by atomic mass is 35.5. The van der Waals surface area contributed by atoms with Crippen LogP contribution >= 0.6 is 11.6 Å². The monoisotopic (exact) mass is 294 g/mol. The van der Waals surface area contributed by atoms with Crippen LogP contribution in [0.3, 0.4) is 0 Å². The van der Waals surface area contributed by atoms with E-state index >= 15 is 0 Å². The van der Waals surface area contributed by atoms with E-state index in [0.717, 1.165) is 41.9 Å². The second-order valence-electron chi connectivity index (χ2n) is 5.16. The van der Waals surface area contributed by atoms with Crippen molar-refractivity contribution in [3.05, 3.63) is 24.0 Å². The Morgan fingerprint density at radius 1 is 1.35 bits per heavy atom. The zero-order chi connectivity index (χ0) is 14.7. The Morgan fingerprint density at radius 2 is 2.10 bits per heavy atom. The standard InChI is InChI=1S/C16H23ClN2O/c1-5-7-12(6-2)19-15-10-13(20-4)8-9-14(15)18-16(19)11(3)17/h8-12H,5-7H2,1-4H3. The van der Waals surface area contributed by atoms with Gasteiger partial charge in [-0.15, -0.1) is 11.6 Å². The fourth-order valence-corrected chi connectivity index (χ4v) is 2.89. The van der Waals surface area contributed by atoms with Gasteiger partial charge in [-0.3, -0.25) is 0 Å². The van der Waals surface area contributed by atoms with Crippen LogP contribution in [0.2, 0.25) is 0 Å². The van der Waals surface area contributed by atoms with Crippen LogP contribution < -0.4 is 4.74 Å². The summed E-state index contributed by atoms with van der Waals surface area (Å²) in [7, 11) is 1.69. The molecule has 0 amide bonds. The Morgan fingerprint density at radius 3 is 2.65 bits per heavy atom. The zero-order valence-electron chi connectivity index (χ0n) is 12.7. The number of hydrogen-bond acceptors (Lipinski definition) is 2. The largest absolute Gasteiger partial charge is 0.497 e. The second-order valence-corrected chi connectivity index (χ2v) is 5.82. The summed E-state index contributed by atoms with van der Waals surface area (Å²) in [4.78, 5) is 4.71. The van der Waals surface area contributed by atoms with Gasteiger partial charge in [-0.2, -0.15) is 0 Å². The SMILES string of the molecule is CCCC(CC)n1c(C(C)Cl)nc2ccc(OC)cc21. The Kier molecular flexibility index (Phi) is 4.92. The predicted octanol–water partition coefficient (Wildman–Crippen LogP) is 5.10. The van der Waals surface area contributed by atoms with Crippen LogP contribution in [0.5, 0.6) is 5.75 Å². The summed E-state index contributed by atoms with van der Waals surface area (Å²) in [5.41, 5.74) is 2.11. The van der Waals surface area contributed by atoms with Crippen molar-refractivity contribution in [1.29, 1.82) is 0 Å². The average molecular weight is 295 g/mol. The van der Waals surface area contributed by atoms with E-state index in [1.165, 1.54) is 0 Å². The molecular formula is C16H23ClN2O. The van der Waals surface area contributed by atoms with Gasteiger partial charge in [0, 0.05) is 12.1 Å². The minimum Gasteiger partial charge on any atom is -0.497 e. The lowest BCUT2D eigenvalue weighted by Gasteiger charge is -2.21. The first-order valence-electron chi connectivity index (χ1n) is 7.32. The molecule has 0 aliphatic rings. The average Bonchev–Trinajstić information content (AvgIpc) is 2.83. The fraction of sp³-hybridized carbons (Fsp3) is 0.562. The van der Waals surface area contributed by atoms with E-state index in [-0.39, 0.29) is 5.38 Å². The number of halogens is 1. The van der Waals surface area contributed by atoms with Crippen LogP contribution in [0.15, 0.2) is 18.2 Å². The minimum atomic E-state index is -0.0979. The molecule has 1 aromatic carbocycles. The molecule has 0 fully saturated rings. The molecule has 2 atom stereocenters.